The Hall–Kier alpha value is -2.44. The lowest BCUT2D eigenvalue weighted by Gasteiger charge is -2.20. The van der Waals surface area contributed by atoms with Crippen LogP contribution >= 0.6 is 15.6 Å². The van der Waals surface area contributed by atoms with Crippen molar-refractivity contribution in [1.29, 1.82) is 0 Å². The Morgan fingerprint density at radius 3 is 1.33 bits per heavy atom. The SMILES string of the molecule is CCCCC/C=C\C/C=C\C/C=C\CCCCC(=O)OC[C@H](COP(=O)(O)OC[C@@H](O)COP(=O)(O)O)OC(=O)CCCC/C=C\C/C=C\C/C=C\CCCCC. The van der Waals surface area contributed by atoms with E-state index in [1.165, 1.54) is 38.5 Å². The lowest BCUT2D eigenvalue weighted by atomic mass is 10.1. The van der Waals surface area contributed by atoms with Gasteiger partial charge in [0.15, 0.2) is 6.10 Å². The molecule has 0 fully saturated rings. The van der Waals surface area contributed by atoms with Crippen LogP contribution in [0, 0.1) is 0 Å². The Balaban J connectivity index is 4.70. The molecule has 15 heteroatoms. The molecule has 13 nitrogen and oxygen atoms in total. The summed E-state index contributed by atoms with van der Waals surface area (Å²) in [5.74, 6) is -1.13. The number of hydrogen-bond donors (Lipinski definition) is 4. The lowest BCUT2D eigenvalue weighted by molar-refractivity contribution is -0.161. The Labute approximate surface area is 342 Å². The van der Waals surface area contributed by atoms with E-state index in [9.17, 15) is 28.7 Å². The number of carbonyl (C=O) groups excluding carboxylic acids is 2. The van der Waals surface area contributed by atoms with Crippen molar-refractivity contribution in [1.82, 2.24) is 0 Å². The van der Waals surface area contributed by atoms with Crippen molar-refractivity contribution >= 4 is 27.6 Å². The highest BCUT2D eigenvalue weighted by molar-refractivity contribution is 7.47. The van der Waals surface area contributed by atoms with Gasteiger partial charge in [-0.15, -0.1) is 0 Å². The fraction of sp³-hybridized carbons (Fsp3) is 0.667. The molecule has 57 heavy (non-hydrogen) atoms. The summed E-state index contributed by atoms with van der Waals surface area (Å²) in [6.07, 6.45) is 40.5. The number of unbranched alkanes of at least 4 members (excludes halogenated alkanes) is 10. The van der Waals surface area contributed by atoms with E-state index in [0.717, 1.165) is 64.2 Å². The zero-order valence-electron chi connectivity index (χ0n) is 34.4. The highest BCUT2D eigenvalue weighted by atomic mass is 31.2. The quantitative estimate of drug-likeness (QED) is 0.0199. The zero-order chi connectivity index (χ0) is 42.3. The monoisotopic (exact) mass is 846 g/mol. The number of aliphatic hydroxyl groups excluding tert-OH is 1. The van der Waals surface area contributed by atoms with Crippen LogP contribution in [0.2, 0.25) is 0 Å². The van der Waals surface area contributed by atoms with Gasteiger partial charge in [-0.05, 0) is 89.9 Å². The number of allylic oxidation sites excluding steroid dienone is 12. The van der Waals surface area contributed by atoms with Crippen LogP contribution in [0.15, 0.2) is 72.9 Å². The molecule has 0 saturated heterocycles. The van der Waals surface area contributed by atoms with Gasteiger partial charge in [-0.1, -0.05) is 112 Å². The van der Waals surface area contributed by atoms with Gasteiger partial charge in [-0.25, -0.2) is 9.13 Å². The first-order chi connectivity index (χ1) is 27.4. The number of carbonyl (C=O) groups is 2. The molecular weight excluding hydrogens is 774 g/mol. The van der Waals surface area contributed by atoms with E-state index >= 15 is 0 Å². The molecule has 328 valence electrons. The van der Waals surface area contributed by atoms with E-state index in [1.54, 1.807) is 0 Å². The first-order valence-electron chi connectivity index (χ1n) is 20.6. The highest BCUT2D eigenvalue weighted by Gasteiger charge is 2.28. The summed E-state index contributed by atoms with van der Waals surface area (Å²) >= 11 is 0. The summed E-state index contributed by atoms with van der Waals surface area (Å²) in [5.41, 5.74) is 0. The largest absolute Gasteiger partial charge is 0.472 e. The van der Waals surface area contributed by atoms with Gasteiger partial charge < -0.3 is 29.3 Å². The van der Waals surface area contributed by atoms with Crippen molar-refractivity contribution in [2.75, 3.05) is 26.4 Å². The fourth-order valence-electron chi connectivity index (χ4n) is 4.89. The highest BCUT2D eigenvalue weighted by Crippen LogP contribution is 2.43. The Morgan fingerprint density at radius 2 is 0.895 bits per heavy atom. The normalized spacial score (nSPS) is 14.8. The predicted octanol–water partition coefficient (Wildman–Crippen LogP) is 10.2. The van der Waals surface area contributed by atoms with Gasteiger partial charge in [-0.3, -0.25) is 23.2 Å². The molecule has 0 amide bonds. The van der Waals surface area contributed by atoms with E-state index in [0.29, 0.717) is 12.8 Å². The molecule has 1 unspecified atom stereocenters. The Kier molecular flexibility index (Phi) is 36.2. The van der Waals surface area contributed by atoms with Crippen molar-refractivity contribution in [3.05, 3.63) is 72.9 Å². The zero-order valence-corrected chi connectivity index (χ0v) is 36.2. The molecule has 0 spiro atoms. The van der Waals surface area contributed by atoms with Gasteiger partial charge in [0.1, 0.15) is 12.7 Å². The van der Waals surface area contributed by atoms with Crippen molar-refractivity contribution < 1.29 is 61.6 Å². The average molecular weight is 847 g/mol. The molecule has 0 aliphatic heterocycles. The summed E-state index contributed by atoms with van der Waals surface area (Å²) in [6, 6.07) is 0. The lowest BCUT2D eigenvalue weighted by Crippen LogP contribution is -2.30. The van der Waals surface area contributed by atoms with Crippen molar-refractivity contribution in [2.45, 2.75) is 154 Å². The van der Waals surface area contributed by atoms with Gasteiger partial charge in [0, 0.05) is 12.8 Å². The molecule has 0 radical (unpaired) electrons. The standard InChI is InChI=1S/C42H72O13P2/c1-3-5-7-9-11-13-15-17-19-21-23-25-27-29-31-33-41(44)51-37-40(38-54-57(49,50)53-36-39(43)35-52-56(46,47)48)55-42(45)34-32-30-28-26-24-22-20-18-16-14-12-10-8-6-4-2/h11-14,17-20,23-26,39-40,43H,3-10,15-16,21-22,27-38H2,1-2H3,(H,49,50)(H2,46,47,48)/b13-11-,14-12-,19-17-,20-18-,25-23-,26-24-/t39-,40+/m0/s1. The smallest absolute Gasteiger partial charge is 0.462 e. The molecule has 0 aromatic heterocycles. The average Bonchev–Trinajstić information content (AvgIpc) is 3.17. The topological polar surface area (TPSA) is 195 Å². The minimum absolute atomic E-state index is 0.0707. The number of phosphoric ester groups is 2. The molecular formula is C42H72O13P2. The second kappa shape index (κ2) is 37.8. The number of aliphatic hydroxyl groups is 1. The van der Waals surface area contributed by atoms with Crippen LogP contribution in [0.5, 0.6) is 0 Å². The third-order valence-corrected chi connectivity index (χ3v) is 9.49. The summed E-state index contributed by atoms with van der Waals surface area (Å²) in [5, 5.41) is 9.73. The molecule has 0 saturated carbocycles. The molecule has 0 aliphatic rings. The molecule has 3 atom stereocenters. The maximum atomic E-state index is 12.6. The Bertz CT molecular complexity index is 1290. The maximum Gasteiger partial charge on any atom is 0.472 e. The van der Waals surface area contributed by atoms with Crippen LogP contribution in [0.3, 0.4) is 0 Å². The molecule has 0 rings (SSSR count). The molecule has 4 N–H and O–H groups in total. The van der Waals surface area contributed by atoms with Gasteiger partial charge in [-0.2, -0.15) is 0 Å². The van der Waals surface area contributed by atoms with Crippen LogP contribution in [0.4, 0.5) is 0 Å². The third kappa shape index (κ3) is 41.5. The molecule has 0 bridgehead atoms. The molecule has 0 aromatic rings. The predicted molar refractivity (Wildman–Crippen MR) is 225 cm³/mol. The van der Waals surface area contributed by atoms with Crippen molar-refractivity contribution in [3.8, 4) is 0 Å². The van der Waals surface area contributed by atoms with Gasteiger partial charge >= 0.3 is 27.6 Å². The summed E-state index contributed by atoms with van der Waals surface area (Å²) in [6.45, 7) is 1.59. The number of phosphoric acid groups is 2. The van der Waals surface area contributed by atoms with Crippen molar-refractivity contribution in [2.24, 2.45) is 0 Å². The van der Waals surface area contributed by atoms with Crippen LogP contribution in [-0.2, 0) is 41.8 Å². The molecule has 0 heterocycles. The van der Waals surface area contributed by atoms with E-state index in [1.807, 2.05) is 0 Å². The summed E-state index contributed by atoms with van der Waals surface area (Å²) in [4.78, 5) is 52.6. The van der Waals surface area contributed by atoms with E-state index in [2.05, 4.69) is 95.8 Å². The number of rotatable bonds is 38. The third-order valence-electron chi connectivity index (χ3n) is 8.06. The maximum absolute atomic E-state index is 12.6. The summed E-state index contributed by atoms with van der Waals surface area (Å²) in [7, 11) is -9.70. The van der Waals surface area contributed by atoms with Gasteiger partial charge in [0.2, 0.25) is 0 Å². The van der Waals surface area contributed by atoms with Crippen molar-refractivity contribution in [3.63, 3.8) is 0 Å². The van der Waals surface area contributed by atoms with Crippen LogP contribution in [-0.4, -0.2) is 70.4 Å². The first-order valence-corrected chi connectivity index (χ1v) is 23.7. The minimum atomic E-state index is -4.87. The second-order valence-electron chi connectivity index (χ2n) is 13.5. The van der Waals surface area contributed by atoms with Gasteiger partial charge in [0.05, 0.1) is 19.8 Å². The van der Waals surface area contributed by atoms with Crippen LogP contribution in [0.25, 0.3) is 0 Å². The molecule has 0 aliphatic carbocycles. The molecule has 0 aromatic carbocycles. The van der Waals surface area contributed by atoms with Gasteiger partial charge in [0.25, 0.3) is 0 Å². The van der Waals surface area contributed by atoms with E-state index < -0.39 is 66.2 Å². The van der Waals surface area contributed by atoms with E-state index in [4.69, 9.17) is 23.8 Å². The van der Waals surface area contributed by atoms with Crippen LogP contribution in [0.1, 0.15) is 142 Å². The number of hydrogen-bond acceptors (Lipinski definition) is 10. The number of esters is 2. The first kappa shape index (κ1) is 54.6. The fourth-order valence-corrected chi connectivity index (χ4v) is 6.04. The van der Waals surface area contributed by atoms with Crippen LogP contribution < -0.4 is 0 Å². The minimum Gasteiger partial charge on any atom is -0.462 e. The number of ether oxygens (including phenoxy) is 2. The van der Waals surface area contributed by atoms with E-state index in [-0.39, 0.29) is 12.8 Å². The Morgan fingerprint density at radius 1 is 0.509 bits per heavy atom. The second-order valence-corrected chi connectivity index (χ2v) is 16.2. The summed E-state index contributed by atoms with van der Waals surface area (Å²) < 4.78 is 47.6.